The van der Waals surface area contributed by atoms with Crippen LogP contribution < -0.4 is 5.32 Å². The van der Waals surface area contributed by atoms with Crippen LogP contribution in [0.4, 0.5) is 32.0 Å². The minimum atomic E-state index is -4.40. The molecule has 0 unspecified atom stereocenters. The number of hydrogen-bond acceptors (Lipinski definition) is 5. The van der Waals surface area contributed by atoms with Crippen molar-refractivity contribution < 1.29 is 49.9 Å². The summed E-state index contributed by atoms with van der Waals surface area (Å²) in [7, 11) is 0. The smallest absolute Gasteiger partial charge is 0.416 e. The zero-order chi connectivity index (χ0) is 45.0. The molecular formula is C51H34F6N2O5. The molecule has 7 nitrogen and oxygen atoms in total. The maximum absolute atomic E-state index is 13.1. The molecule has 3 aromatic heterocycles. The van der Waals surface area contributed by atoms with Gasteiger partial charge in [-0.2, -0.15) is 26.3 Å². The number of benzene rings is 6. The third-order valence-electron chi connectivity index (χ3n) is 10.3. The van der Waals surface area contributed by atoms with Crippen molar-refractivity contribution in [1.29, 1.82) is 0 Å². The molecule has 320 valence electrons. The van der Waals surface area contributed by atoms with E-state index in [-0.39, 0.29) is 24.3 Å². The number of carbonyl (C=O) groups is 2. The average molecular weight is 869 g/mol. The Balaban J connectivity index is 0.000000178. The van der Waals surface area contributed by atoms with E-state index in [4.69, 9.17) is 8.83 Å². The number of rotatable bonds is 9. The molecule has 3 heterocycles. The summed E-state index contributed by atoms with van der Waals surface area (Å²) in [6.07, 6.45) is -5.15. The first kappa shape index (κ1) is 42.7. The fourth-order valence-electron chi connectivity index (χ4n) is 7.31. The molecule has 0 saturated carbocycles. The van der Waals surface area contributed by atoms with Crippen LogP contribution in [0.1, 0.15) is 54.5 Å². The van der Waals surface area contributed by atoms with E-state index in [9.17, 15) is 41.0 Å². The highest BCUT2D eigenvalue weighted by Gasteiger charge is 2.31. The fraction of sp³-hybridized carbons (Fsp3) is 0.0784. The molecule has 0 bridgehead atoms. The highest BCUT2D eigenvalue weighted by atomic mass is 19.4. The lowest BCUT2D eigenvalue weighted by molar-refractivity contribution is -0.138. The number of anilines is 1. The van der Waals surface area contributed by atoms with Gasteiger partial charge in [0.25, 0.3) is 5.91 Å². The van der Waals surface area contributed by atoms with Crippen LogP contribution in [0, 0.1) is 0 Å². The molecule has 0 aliphatic rings. The number of nitrogens with one attached hydrogen (secondary N) is 1. The predicted molar refractivity (Wildman–Crippen MR) is 231 cm³/mol. The third kappa shape index (κ3) is 9.89. The number of aromatic carboxylic acids is 1. The number of carboxylic acids is 1. The van der Waals surface area contributed by atoms with Gasteiger partial charge in [0.05, 0.1) is 28.6 Å². The number of fused-ring (bicyclic) bond motifs is 2. The van der Waals surface area contributed by atoms with Gasteiger partial charge in [0.1, 0.15) is 22.7 Å². The first-order chi connectivity index (χ1) is 30.7. The number of carbonyl (C=O) groups excluding carboxylic acids is 1. The highest BCUT2D eigenvalue weighted by Crippen LogP contribution is 2.36. The number of halogens is 6. The molecule has 0 aliphatic heterocycles. The van der Waals surface area contributed by atoms with Crippen molar-refractivity contribution in [3.63, 3.8) is 0 Å². The molecule has 0 fully saturated rings. The van der Waals surface area contributed by atoms with Gasteiger partial charge in [0, 0.05) is 35.4 Å². The Hall–Kier alpha value is -7.93. The monoisotopic (exact) mass is 868 g/mol. The summed E-state index contributed by atoms with van der Waals surface area (Å²) >= 11 is 0. The first-order valence-electron chi connectivity index (χ1n) is 19.7. The molecule has 2 N–H and O–H groups in total. The van der Waals surface area contributed by atoms with Crippen LogP contribution >= 0.6 is 0 Å². The fourth-order valence-corrected chi connectivity index (χ4v) is 7.31. The summed E-state index contributed by atoms with van der Waals surface area (Å²) < 4.78 is 89.8. The zero-order valence-electron chi connectivity index (χ0n) is 33.4. The molecule has 9 rings (SSSR count). The van der Waals surface area contributed by atoms with Crippen LogP contribution in [0.25, 0.3) is 44.2 Å². The Labute approximate surface area is 361 Å². The van der Waals surface area contributed by atoms with Crippen molar-refractivity contribution in [3.05, 3.63) is 215 Å². The van der Waals surface area contributed by atoms with E-state index in [2.05, 4.69) is 10.3 Å². The largest absolute Gasteiger partial charge is 0.478 e. The van der Waals surface area contributed by atoms with Gasteiger partial charge in [-0.15, -0.1) is 0 Å². The Kier molecular flexibility index (Phi) is 11.9. The van der Waals surface area contributed by atoms with E-state index in [1.165, 1.54) is 18.2 Å². The topological polar surface area (TPSA) is 106 Å². The van der Waals surface area contributed by atoms with Crippen LogP contribution in [0.3, 0.4) is 0 Å². The van der Waals surface area contributed by atoms with E-state index >= 15 is 0 Å². The minimum absolute atomic E-state index is 0.173. The summed E-state index contributed by atoms with van der Waals surface area (Å²) in [5, 5.41) is 13.6. The van der Waals surface area contributed by atoms with Crippen LogP contribution in [0.2, 0.25) is 0 Å². The second-order valence-corrected chi connectivity index (χ2v) is 14.8. The average Bonchev–Trinajstić information content (AvgIpc) is 3.90. The standard InChI is InChI=1S/C28H19F3N2O2.C23H15F3O3/c29-28(30,31)21-8-1-5-18(13-21)14-23-16-25-24(10-3-11-26(25)35-23)19-6-2-7-20(15-19)27(34)33-22-9-4-12-32-17-22;24-23(25,26)17-7-1-4-14(10-17)11-18-13-20-19(8-3-9-21(20)29-18)15-5-2-6-16(12-15)22(27)28/h1-13,15-17H,14H2,(H,33,34);1-10,12-13H,11H2,(H,27,28). The van der Waals surface area contributed by atoms with E-state index in [0.717, 1.165) is 57.3 Å². The first-order valence-corrected chi connectivity index (χ1v) is 19.7. The zero-order valence-corrected chi connectivity index (χ0v) is 33.4. The van der Waals surface area contributed by atoms with Gasteiger partial charge < -0.3 is 19.3 Å². The van der Waals surface area contributed by atoms with Gasteiger partial charge in [-0.1, -0.05) is 84.9 Å². The van der Waals surface area contributed by atoms with Crippen LogP contribution in [-0.2, 0) is 25.2 Å². The number of hydrogen-bond donors (Lipinski definition) is 2. The molecule has 13 heteroatoms. The normalized spacial score (nSPS) is 11.6. The number of furan rings is 2. The van der Waals surface area contributed by atoms with Gasteiger partial charge in [-0.25, -0.2) is 4.79 Å². The van der Waals surface area contributed by atoms with Gasteiger partial charge in [0.15, 0.2) is 0 Å². The molecule has 64 heavy (non-hydrogen) atoms. The number of aromatic nitrogens is 1. The van der Waals surface area contributed by atoms with Gasteiger partial charge >= 0.3 is 18.3 Å². The number of amides is 1. The summed E-state index contributed by atoms with van der Waals surface area (Å²) in [6, 6.07) is 42.3. The van der Waals surface area contributed by atoms with Gasteiger partial charge in [0.2, 0.25) is 0 Å². The molecule has 1 amide bonds. The lowest BCUT2D eigenvalue weighted by Gasteiger charge is -2.08. The molecule has 0 saturated heterocycles. The summed E-state index contributed by atoms with van der Waals surface area (Å²) in [4.78, 5) is 28.0. The Morgan fingerprint density at radius 1 is 0.547 bits per heavy atom. The molecule has 0 spiro atoms. The molecule has 6 aromatic carbocycles. The summed E-state index contributed by atoms with van der Waals surface area (Å²) in [6.45, 7) is 0. The van der Waals surface area contributed by atoms with Crippen molar-refractivity contribution in [1.82, 2.24) is 4.98 Å². The lowest BCUT2D eigenvalue weighted by Crippen LogP contribution is -2.11. The Bertz CT molecular complexity index is 3130. The van der Waals surface area contributed by atoms with Crippen LogP contribution in [-0.4, -0.2) is 22.0 Å². The predicted octanol–water partition coefficient (Wildman–Crippen LogP) is 13.8. The minimum Gasteiger partial charge on any atom is -0.478 e. The second-order valence-electron chi connectivity index (χ2n) is 14.8. The van der Waals surface area contributed by atoms with E-state index < -0.39 is 29.4 Å². The Morgan fingerprint density at radius 3 is 1.52 bits per heavy atom. The van der Waals surface area contributed by atoms with Crippen molar-refractivity contribution in [2.24, 2.45) is 0 Å². The Morgan fingerprint density at radius 2 is 1.03 bits per heavy atom. The number of pyridine rings is 1. The molecule has 0 radical (unpaired) electrons. The van der Waals surface area contributed by atoms with Gasteiger partial charge in [-0.05, 0) is 106 Å². The number of carboxylic acid groups (broad SMARTS) is 1. The van der Waals surface area contributed by atoms with Crippen molar-refractivity contribution in [2.75, 3.05) is 5.32 Å². The second kappa shape index (κ2) is 17.8. The van der Waals surface area contributed by atoms with E-state index in [0.29, 0.717) is 45.1 Å². The molecule has 9 aromatic rings. The summed E-state index contributed by atoms with van der Waals surface area (Å²) in [5.74, 6) is -0.195. The number of nitrogens with zero attached hydrogens (tertiary/aromatic N) is 1. The molecular weight excluding hydrogens is 835 g/mol. The lowest BCUT2D eigenvalue weighted by atomic mass is 9.99. The SMILES string of the molecule is O=C(Nc1cccnc1)c1cccc(-c2cccc3oc(Cc4cccc(C(F)(F)F)c4)cc23)c1.O=C(O)c1cccc(-c2cccc3oc(Cc4cccc(C(F)(F)F)c4)cc23)c1. The van der Waals surface area contributed by atoms with Crippen molar-refractivity contribution in [3.8, 4) is 22.3 Å². The molecule has 0 aliphatic carbocycles. The quantitative estimate of drug-likeness (QED) is 0.140. The maximum Gasteiger partial charge on any atom is 0.416 e. The van der Waals surface area contributed by atoms with E-state index in [1.54, 1.807) is 91.3 Å². The highest BCUT2D eigenvalue weighted by molar-refractivity contribution is 6.05. The molecule has 0 atom stereocenters. The van der Waals surface area contributed by atoms with Crippen molar-refractivity contribution >= 4 is 39.5 Å². The van der Waals surface area contributed by atoms with Crippen molar-refractivity contribution in [2.45, 2.75) is 25.2 Å². The number of alkyl halides is 6. The van der Waals surface area contributed by atoms with Crippen LogP contribution in [0.15, 0.2) is 179 Å². The summed E-state index contributed by atoms with van der Waals surface area (Å²) in [5.41, 5.74) is 5.28. The van der Waals surface area contributed by atoms with Crippen LogP contribution in [0.5, 0.6) is 0 Å². The van der Waals surface area contributed by atoms with Gasteiger partial charge in [-0.3, -0.25) is 9.78 Å². The van der Waals surface area contributed by atoms with E-state index in [1.807, 2.05) is 36.4 Å². The third-order valence-corrected chi connectivity index (χ3v) is 10.3. The maximum atomic E-state index is 13.1.